The van der Waals surface area contributed by atoms with Gasteiger partial charge in [0.05, 0.1) is 0 Å². The van der Waals surface area contributed by atoms with Crippen LogP contribution < -0.4 is 24.8 Å². The molecular weight excluding hydrogens is 474 g/mol. The summed E-state index contributed by atoms with van der Waals surface area (Å²) >= 11 is -0.592. The van der Waals surface area contributed by atoms with E-state index in [1.165, 1.54) is 77.0 Å². The fourth-order valence-electron chi connectivity index (χ4n) is 4.68. The molecule has 2 unspecified atom stereocenters. The van der Waals surface area contributed by atoms with Crippen molar-refractivity contribution in [3.8, 4) is 0 Å². The van der Waals surface area contributed by atoms with Crippen LogP contribution in [-0.2, 0) is 23.2 Å². The van der Waals surface area contributed by atoms with Gasteiger partial charge in [0.15, 0.2) is 0 Å². The van der Waals surface area contributed by atoms with E-state index in [-0.39, 0.29) is 24.8 Å². The van der Waals surface area contributed by atoms with Gasteiger partial charge in [-0.05, 0) is 0 Å². The van der Waals surface area contributed by atoms with E-state index in [1.54, 1.807) is 11.1 Å². The van der Waals surface area contributed by atoms with E-state index in [2.05, 4.69) is 52.0 Å². The minimum atomic E-state index is -0.592. The molecule has 0 aromatic carbocycles. The van der Waals surface area contributed by atoms with Crippen LogP contribution in [0.2, 0.25) is 0 Å². The third-order valence-electron chi connectivity index (χ3n) is 6.41. The second-order valence-corrected chi connectivity index (χ2v) is 12.0. The predicted molar refractivity (Wildman–Crippen MR) is 117 cm³/mol. The van der Waals surface area contributed by atoms with Crippen LogP contribution >= 0.6 is 0 Å². The van der Waals surface area contributed by atoms with Crippen molar-refractivity contribution in [3.05, 3.63) is 42.0 Å². The predicted octanol–water partition coefficient (Wildman–Crippen LogP) is 2.72. The van der Waals surface area contributed by atoms with Crippen molar-refractivity contribution < 1.29 is 48.0 Å². The minimum Gasteiger partial charge on any atom is -1.00 e. The molecule has 0 aromatic heterocycles. The first-order valence-electron chi connectivity index (χ1n) is 11.8. The average Bonchev–Trinajstić information content (AvgIpc) is 3.33. The molecule has 0 radical (unpaired) electrons. The van der Waals surface area contributed by atoms with Crippen LogP contribution in [0.1, 0.15) is 105 Å². The van der Waals surface area contributed by atoms with Crippen molar-refractivity contribution in [2.75, 3.05) is 0 Å². The molecule has 2 atom stereocenters. The number of hydrogen-bond donors (Lipinski definition) is 0. The SMILES string of the molecule is CCCCCC(CC)C1=[C]([Zr+2][C]2=C(C(CC)CCCCC)C=CC2)CC=C1.[Cl-].[Cl-]. The van der Waals surface area contributed by atoms with Gasteiger partial charge in [-0.15, -0.1) is 0 Å². The summed E-state index contributed by atoms with van der Waals surface area (Å²) in [5.74, 6) is 1.66. The van der Waals surface area contributed by atoms with Crippen molar-refractivity contribution in [2.24, 2.45) is 11.8 Å². The molecule has 0 spiro atoms. The maximum atomic E-state index is 2.51. The first-order chi connectivity index (χ1) is 13.2. The second-order valence-electron chi connectivity index (χ2n) is 8.41. The summed E-state index contributed by atoms with van der Waals surface area (Å²) in [5.41, 5.74) is 3.55. The van der Waals surface area contributed by atoms with Crippen LogP contribution in [0, 0.1) is 11.8 Å². The first kappa shape index (κ1) is 29.4. The van der Waals surface area contributed by atoms with Crippen molar-refractivity contribution in [1.82, 2.24) is 0 Å². The molecule has 2 rings (SSSR count). The van der Waals surface area contributed by atoms with Crippen LogP contribution in [0.5, 0.6) is 0 Å². The molecular formula is C26H42Cl2Zr. The molecule has 0 bridgehead atoms. The number of allylic oxidation sites excluding steroid dienone is 8. The van der Waals surface area contributed by atoms with Crippen LogP contribution in [0.25, 0.3) is 0 Å². The molecule has 29 heavy (non-hydrogen) atoms. The molecule has 2 aliphatic rings. The van der Waals surface area contributed by atoms with E-state index in [0.29, 0.717) is 0 Å². The number of unbranched alkanes of at least 4 members (excludes halogenated alkanes) is 4. The maximum absolute atomic E-state index is 2.51. The standard InChI is InChI=1S/2C13H21.2ClH.Zr/c2*1-3-5-6-9-12(4-2)13-10-7-8-11-13;;;/h2*7,10,12H,3-6,8-9H2,1-2H3;2*1H;/q;;;;+2/p-2. The van der Waals surface area contributed by atoms with Gasteiger partial charge in [0, 0.05) is 0 Å². The Kier molecular flexibility index (Phi) is 17.3. The van der Waals surface area contributed by atoms with Crippen LogP contribution in [-0.4, -0.2) is 0 Å². The van der Waals surface area contributed by atoms with Crippen molar-refractivity contribution >= 4 is 0 Å². The molecule has 0 N–H and O–H groups in total. The molecule has 0 amide bonds. The molecule has 0 heterocycles. The average molecular weight is 517 g/mol. The molecule has 0 saturated heterocycles. The zero-order valence-corrected chi connectivity index (χ0v) is 23.2. The Morgan fingerprint density at radius 2 is 1.10 bits per heavy atom. The van der Waals surface area contributed by atoms with E-state index in [1.807, 2.05) is 6.56 Å². The Bertz CT molecular complexity index is 521. The topological polar surface area (TPSA) is 0 Å². The smallest absolute Gasteiger partial charge is 1.00 e. The summed E-state index contributed by atoms with van der Waals surface area (Å²) in [4.78, 5) is 0. The molecule has 0 saturated carbocycles. The third-order valence-corrected chi connectivity index (χ3v) is 10.3. The zero-order valence-electron chi connectivity index (χ0n) is 19.2. The van der Waals surface area contributed by atoms with Gasteiger partial charge >= 0.3 is 182 Å². The quantitative estimate of drug-likeness (QED) is 0.312. The molecule has 0 aliphatic heterocycles. The fourth-order valence-corrected chi connectivity index (χ4v) is 8.78. The van der Waals surface area contributed by atoms with Gasteiger partial charge in [-0.25, -0.2) is 0 Å². The van der Waals surface area contributed by atoms with Crippen molar-refractivity contribution in [2.45, 2.75) is 105 Å². The van der Waals surface area contributed by atoms with E-state index >= 15 is 0 Å². The van der Waals surface area contributed by atoms with Crippen molar-refractivity contribution in [1.29, 1.82) is 0 Å². The monoisotopic (exact) mass is 514 g/mol. The van der Waals surface area contributed by atoms with E-state index < -0.39 is 23.2 Å². The van der Waals surface area contributed by atoms with E-state index in [9.17, 15) is 0 Å². The molecule has 3 heteroatoms. The summed E-state index contributed by atoms with van der Waals surface area (Å²) < 4.78 is 3.81. The molecule has 2 aliphatic carbocycles. The van der Waals surface area contributed by atoms with Crippen LogP contribution in [0.15, 0.2) is 42.0 Å². The third kappa shape index (κ3) is 9.21. The Morgan fingerprint density at radius 3 is 1.45 bits per heavy atom. The van der Waals surface area contributed by atoms with Gasteiger partial charge in [-0.3, -0.25) is 0 Å². The summed E-state index contributed by atoms with van der Waals surface area (Å²) in [6.45, 7) is 9.45. The summed E-state index contributed by atoms with van der Waals surface area (Å²) in [7, 11) is 0. The van der Waals surface area contributed by atoms with Gasteiger partial charge in [0.25, 0.3) is 0 Å². The van der Waals surface area contributed by atoms with Gasteiger partial charge in [-0.1, -0.05) is 0 Å². The van der Waals surface area contributed by atoms with Gasteiger partial charge < -0.3 is 24.8 Å². The minimum absolute atomic E-state index is 0. The first-order valence-corrected chi connectivity index (χ1v) is 14.3. The summed E-state index contributed by atoms with van der Waals surface area (Å²) in [5, 5.41) is 0. The number of halogens is 2. The largest absolute Gasteiger partial charge is 1.00 e. The Balaban J connectivity index is 0.00000392. The molecule has 0 fully saturated rings. The normalized spacial score (nSPS) is 17.2. The number of hydrogen-bond acceptors (Lipinski definition) is 0. The zero-order chi connectivity index (χ0) is 19.5. The van der Waals surface area contributed by atoms with Gasteiger partial charge in [-0.2, -0.15) is 0 Å². The Labute approximate surface area is 205 Å². The summed E-state index contributed by atoms with van der Waals surface area (Å²) in [6, 6.07) is 0. The Morgan fingerprint density at radius 1 is 0.690 bits per heavy atom. The number of rotatable bonds is 14. The van der Waals surface area contributed by atoms with Crippen LogP contribution in [0.3, 0.4) is 0 Å². The van der Waals surface area contributed by atoms with Crippen LogP contribution in [0.4, 0.5) is 0 Å². The van der Waals surface area contributed by atoms with Crippen molar-refractivity contribution in [3.63, 3.8) is 0 Å². The van der Waals surface area contributed by atoms with Gasteiger partial charge in [0.2, 0.25) is 0 Å². The molecule has 164 valence electrons. The van der Waals surface area contributed by atoms with E-state index in [0.717, 1.165) is 11.8 Å². The second kappa shape index (κ2) is 17.0. The van der Waals surface area contributed by atoms with E-state index in [4.69, 9.17) is 0 Å². The summed E-state index contributed by atoms with van der Waals surface area (Å²) in [6.07, 6.45) is 26.3. The molecule has 0 nitrogen and oxygen atoms in total. The fraction of sp³-hybridized carbons (Fsp3) is 0.692. The maximum Gasteiger partial charge on any atom is -1.00 e. The Hall–Kier alpha value is 0.423. The molecule has 0 aromatic rings. The van der Waals surface area contributed by atoms with Gasteiger partial charge in [0.1, 0.15) is 0 Å².